The summed E-state index contributed by atoms with van der Waals surface area (Å²) in [6.07, 6.45) is 4.48. The van der Waals surface area contributed by atoms with Gasteiger partial charge in [0.25, 0.3) is 0 Å². The van der Waals surface area contributed by atoms with Gasteiger partial charge in [-0.3, -0.25) is 9.52 Å². The van der Waals surface area contributed by atoms with Gasteiger partial charge in [0.1, 0.15) is 5.75 Å². The normalized spacial score (nSPS) is 18.9. The topological polar surface area (TPSA) is 85.0 Å². The molecule has 2 heterocycles. The predicted octanol–water partition coefficient (Wildman–Crippen LogP) is 1.17. The van der Waals surface area contributed by atoms with Crippen LogP contribution >= 0.6 is 0 Å². The van der Waals surface area contributed by atoms with Gasteiger partial charge in [0.15, 0.2) is 0 Å². The molecule has 2 aliphatic heterocycles. The molecule has 0 atom stereocenters. The van der Waals surface area contributed by atoms with Crippen molar-refractivity contribution in [2.45, 2.75) is 25.7 Å². The number of anilines is 2. The number of amides is 1. The van der Waals surface area contributed by atoms with Gasteiger partial charge in [-0.1, -0.05) is 0 Å². The highest BCUT2D eigenvalue weighted by Crippen LogP contribution is 2.22. The number of carbonyl (C=O) groups is 1. The number of carbonyl (C=O) groups excluding carboxylic acids is 1. The van der Waals surface area contributed by atoms with Crippen LogP contribution in [0.5, 0.6) is 0 Å². The SMILES string of the molecule is CN1CCN(CCCNC(=O)CS(=O)(=O)Nc2ccc(N3CCCCC3)cc2)CC1. The van der Waals surface area contributed by atoms with Crippen LogP contribution in [0.25, 0.3) is 0 Å². The monoisotopic (exact) mass is 437 g/mol. The molecule has 1 amide bonds. The first-order chi connectivity index (χ1) is 14.4. The number of piperazine rings is 1. The van der Waals surface area contributed by atoms with Gasteiger partial charge in [-0.15, -0.1) is 0 Å². The van der Waals surface area contributed by atoms with Gasteiger partial charge in [-0.25, -0.2) is 8.42 Å². The molecule has 2 aliphatic rings. The molecule has 8 nitrogen and oxygen atoms in total. The molecule has 30 heavy (non-hydrogen) atoms. The molecule has 3 rings (SSSR count). The lowest BCUT2D eigenvalue weighted by Crippen LogP contribution is -2.45. The Morgan fingerprint density at radius 3 is 2.30 bits per heavy atom. The van der Waals surface area contributed by atoms with Crippen LogP contribution in [-0.2, 0) is 14.8 Å². The van der Waals surface area contributed by atoms with Gasteiger partial charge in [-0.05, 0) is 63.5 Å². The molecule has 2 saturated heterocycles. The van der Waals surface area contributed by atoms with E-state index in [2.05, 4.69) is 31.8 Å². The van der Waals surface area contributed by atoms with E-state index in [1.54, 1.807) is 12.1 Å². The lowest BCUT2D eigenvalue weighted by molar-refractivity contribution is -0.118. The number of nitrogens with one attached hydrogen (secondary N) is 2. The molecule has 0 radical (unpaired) electrons. The Morgan fingerprint density at radius 2 is 1.63 bits per heavy atom. The highest BCUT2D eigenvalue weighted by Gasteiger charge is 2.18. The smallest absolute Gasteiger partial charge is 0.241 e. The quantitative estimate of drug-likeness (QED) is 0.564. The maximum Gasteiger partial charge on any atom is 0.241 e. The molecule has 0 bridgehead atoms. The molecular weight excluding hydrogens is 402 g/mol. The van der Waals surface area contributed by atoms with Gasteiger partial charge in [0.05, 0.1) is 0 Å². The highest BCUT2D eigenvalue weighted by molar-refractivity contribution is 7.93. The van der Waals surface area contributed by atoms with Crippen LogP contribution in [0.15, 0.2) is 24.3 Å². The summed E-state index contributed by atoms with van der Waals surface area (Å²) in [5, 5.41) is 2.72. The molecule has 0 spiro atoms. The van der Waals surface area contributed by atoms with Crippen molar-refractivity contribution in [2.24, 2.45) is 0 Å². The number of likely N-dealkylation sites (N-methyl/N-ethyl adjacent to an activating group) is 1. The number of hydrogen-bond acceptors (Lipinski definition) is 6. The van der Waals surface area contributed by atoms with E-state index in [9.17, 15) is 13.2 Å². The zero-order valence-electron chi connectivity index (χ0n) is 18.0. The molecule has 0 unspecified atom stereocenters. The zero-order chi connectivity index (χ0) is 21.4. The standard InChI is InChI=1S/C21H35N5O3S/c1-24-14-16-25(17-15-24)11-5-10-22-21(27)18-30(28,29)23-19-6-8-20(9-7-19)26-12-3-2-4-13-26/h6-9,23H,2-5,10-18H2,1H3,(H,22,27). The maximum absolute atomic E-state index is 12.3. The molecule has 1 aromatic rings. The zero-order valence-corrected chi connectivity index (χ0v) is 18.8. The second kappa shape index (κ2) is 11.0. The van der Waals surface area contributed by atoms with Crippen molar-refractivity contribution < 1.29 is 13.2 Å². The first-order valence-corrected chi connectivity index (χ1v) is 12.6. The lowest BCUT2D eigenvalue weighted by atomic mass is 10.1. The van der Waals surface area contributed by atoms with Crippen LogP contribution in [0.2, 0.25) is 0 Å². The van der Waals surface area contributed by atoms with Crippen LogP contribution in [0, 0.1) is 0 Å². The summed E-state index contributed by atoms with van der Waals surface area (Å²) < 4.78 is 27.1. The second-order valence-electron chi connectivity index (χ2n) is 8.30. The first-order valence-electron chi connectivity index (χ1n) is 10.9. The van der Waals surface area contributed by atoms with E-state index in [-0.39, 0.29) is 0 Å². The largest absolute Gasteiger partial charge is 0.372 e. The highest BCUT2D eigenvalue weighted by atomic mass is 32.2. The third-order valence-electron chi connectivity index (χ3n) is 5.75. The Bertz CT molecular complexity index is 770. The summed E-state index contributed by atoms with van der Waals surface area (Å²) in [6, 6.07) is 7.38. The third-order valence-corrected chi connectivity index (χ3v) is 6.94. The Labute approximate surface area is 180 Å². The van der Waals surface area contributed by atoms with E-state index in [0.29, 0.717) is 12.2 Å². The minimum atomic E-state index is -3.73. The molecule has 0 saturated carbocycles. The Morgan fingerprint density at radius 1 is 0.967 bits per heavy atom. The summed E-state index contributed by atoms with van der Waals surface area (Å²) in [7, 11) is -1.61. The average molecular weight is 438 g/mol. The average Bonchev–Trinajstić information content (AvgIpc) is 2.73. The second-order valence-corrected chi connectivity index (χ2v) is 10.0. The molecule has 1 aromatic carbocycles. The van der Waals surface area contributed by atoms with Crippen LogP contribution in [0.1, 0.15) is 25.7 Å². The summed E-state index contributed by atoms with van der Waals surface area (Å²) in [6.45, 7) is 7.71. The third kappa shape index (κ3) is 7.45. The van der Waals surface area contributed by atoms with E-state index in [0.717, 1.165) is 57.9 Å². The minimum absolute atomic E-state index is 0.467. The van der Waals surface area contributed by atoms with Crippen LogP contribution in [-0.4, -0.2) is 89.3 Å². The van der Waals surface area contributed by atoms with Crippen molar-refractivity contribution in [1.82, 2.24) is 15.1 Å². The molecule has 2 fully saturated rings. The molecule has 0 aliphatic carbocycles. The van der Waals surface area contributed by atoms with Gasteiger partial charge in [0, 0.05) is 57.2 Å². The van der Waals surface area contributed by atoms with E-state index < -0.39 is 21.7 Å². The lowest BCUT2D eigenvalue weighted by Gasteiger charge is -2.32. The molecule has 9 heteroatoms. The summed E-state index contributed by atoms with van der Waals surface area (Å²) in [5.74, 6) is -1.03. The minimum Gasteiger partial charge on any atom is -0.372 e. The van der Waals surface area contributed by atoms with Gasteiger partial charge in [-0.2, -0.15) is 0 Å². The maximum atomic E-state index is 12.3. The fraction of sp³-hybridized carbons (Fsp3) is 0.667. The Kier molecular flexibility index (Phi) is 8.35. The number of rotatable bonds is 9. The number of benzene rings is 1. The Hall–Kier alpha value is -1.84. The fourth-order valence-corrected chi connectivity index (χ4v) is 4.95. The van der Waals surface area contributed by atoms with Crippen molar-refractivity contribution in [3.63, 3.8) is 0 Å². The van der Waals surface area contributed by atoms with Crippen molar-refractivity contribution in [2.75, 3.05) is 74.8 Å². The number of sulfonamides is 1. The van der Waals surface area contributed by atoms with E-state index in [1.165, 1.54) is 19.3 Å². The van der Waals surface area contributed by atoms with Crippen molar-refractivity contribution in [3.8, 4) is 0 Å². The van der Waals surface area contributed by atoms with E-state index in [4.69, 9.17) is 0 Å². The number of piperidine rings is 1. The fourth-order valence-electron chi connectivity index (χ4n) is 3.93. The first kappa shape index (κ1) is 22.8. The van der Waals surface area contributed by atoms with Crippen LogP contribution in [0.3, 0.4) is 0 Å². The molecular formula is C21H35N5O3S. The van der Waals surface area contributed by atoms with Crippen LogP contribution < -0.4 is 14.9 Å². The summed E-state index contributed by atoms with van der Waals surface area (Å²) >= 11 is 0. The van der Waals surface area contributed by atoms with Crippen molar-refractivity contribution in [1.29, 1.82) is 0 Å². The molecule has 0 aromatic heterocycles. The van der Waals surface area contributed by atoms with E-state index >= 15 is 0 Å². The van der Waals surface area contributed by atoms with E-state index in [1.807, 2.05) is 12.1 Å². The van der Waals surface area contributed by atoms with Crippen molar-refractivity contribution >= 4 is 27.3 Å². The number of nitrogens with zero attached hydrogens (tertiary/aromatic N) is 3. The van der Waals surface area contributed by atoms with Crippen molar-refractivity contribution in [3.05, 3.63) is 24.3 Å². The van der Waals surface area contributed by atoms with Gasteiger partial charge < -0.3 is 20.0 Å². The van der Waals surface area contributed by atoms with Gasteiger partial charge in [0.2, 0.25) is 15.9 Å². The predicted molar refractivity (Wildman–Crippen MR) is 121 cm³/mol. The molecule has 168 valence electrons. The van der Waals surface area contributed by atoms with Gasteiger partial charge >= 0.3 is 0 Å². The molecule has 2 N–H and O–H groups in total. The summed E-state index contributed by atoms with van der Waals surface area (Å²) in [4.78, 5) is 19.0. The number of hydrogen-bond donors (Lipinski definition) is 2. The summed E-state index contributed by atoms with van der Waals surface area (Å²) in [5.41, 5.74) is 1.59. The van der Waals surface area contributed by atoms with Crippen LogP contribution in [0.4, 0.5) is 11.4 Å². The Balaban J connectivity index is 1.37.